The van der Waals surface area contributed by atoms with Gasteiger partial charge < -0.3 is 4.57 Å². The van der Waals surface area contributed by atoms with E-state index < -0.39 is 5.82 Å². The van der Waals surface area contributed by atoms with Crippen molar-refractivity contribution in [2.45, 2.75) is 6.42 Å². The quantitative estimate of drug-likeness (QED) is 0.684. The molecule has 4 heteroatoms. The number of hydrogen-bond donors (Lipinski definition) is 0. The SMILES string of the molecule is Cn1c(Cc2ccc(F)cc2C=O)nc2ccccc21. The van der Waals surface area contributed by atoms with Crippen LogP contribution in [0.1, 0.15) is 21.7 Å². The molecule has 1 aromatic heterocycles. The maximum atomic E-state index is 13.1. The number of nitrogens with zero attached hydrogens (tertiary/aromatic N) is 2. The summed E-state index contributed by atoms with van der Waals surface area (Å²) < 4.78 is 15.1. The van der Waals surface area contributed by atoms with Gasteiger partial charge in [0.15, 0.2) is 0 Å². The summed E-state index contributed by atoms with van der Waals surface area (Å²) in [5.74, 6) is 0.446. The summed E-state index contributed by atoms with van der Waals surface area (Å²) in [6.07, 6.45) is 1.18. The molecule has 0 saturated heterocycles. The van der Waals surface area contributed by atoms with Gasteiger partial charge in [-0.25, -0.2) is 9.37 Å². The van der Waals surface area contributed by atoms with E-state index >= 15 is 0 Å². The van der Waals surface area contributed by atoms with Gasteiger partial charge in [-0.05, 0) is 29.8 Å². The first-order chi connectivity index (χ1) is 9.69. The second kappa shape index (κ2) is 4.89. The number of fused-ring (bicyclic) bond motifs is 1. The average Bonchev–Trinajstić information content (AvgIpc) is 2.78. The van der Waals surface area contributed by atoms with E-state index in [4.69, 9.17) is 0 Å². The molecule has 0 amide bonds. The number of halogens is 1. The third kappa shape index (κ3) is 2.09. The molecular formula is C16H13FN2O. The summed E-state index contributed by atoms with van der Waals surface area (Å²) in [4.78, 5) is 15.6. The summed E-state index contributed by atoms with van der Waals surface area (Å²) in [6.45, 7) is 0. The fourth-order valence-corrected chi connectivity index (χ4v) is 2.36. The predicted molar refractivity (Wildman–Crippen MR) is 75.3 cm³/mol. The van der Waals surface area contributed by atoms with Crippen LogP contribution < -0.4 is 0 Å². The van der Waals surface area contributed by atoms with Gasteiger partial charge in [0.2, 0.25) is 0 Å². The van der Waals surface area contributed by atoms with Crippen LogP contribution in [-0.4, -0.2) is 15.8 Å². The van der Waals surface area contributed by atoms with Crippen molar-refractivity contribution in [3.8, 4) is 0 Å². The number of carbonyl (C=O) groups is 1. The molecule has 0 aliphatic heterocycles. The summed E-state index contributed by atoms with van der Waals surface area (Å²) in [5, 5.41) is 0. The fraction of sp³-hybridized carbons (Fsp3) is 0.125. The van der Waals surface area contributed by atoms with Crippen LogP contribution in [0.5, 0.6) is 0 Å². The number of benzene rings is 2. The lowest BCUT2D eigenvalue weighted by Gasteiger charge is -2.05. The molecule has 1 heterocycles. The Morgan fingerprint density at radius 1 is 1.25 bits per heavy atom. The van der Waals surface area contributed by atoms with Gasteiger partial charge in [0.25, 0.3) is 0 Å². The van der Waals surface area contributed by atoms with Gasteiger partial charge in [-0.3, -0.25) is 4.79 Å². The first-order valence-corrected chi connectivity index (χ1v) is 6.33. The lowest BCUT2D eigenvalue weighted by Crippen LogP contribution is -2.02. The van der Waals surface area contributed by atoms with Crippen LogP contribution in [0.3, 0.4) is 0 Å². The predicted octanol–water partition coefficient (Wildman–Crippen LogP) is 3.12. The number of aromatic nitrogens is 2. The third-order valence-corrected chi connectivity index (χ3v) is 3.46. The number of aryl methyl sites for hydroxylation is 1. The summed E-state index contributed by atoms with van der Waals surface area (Å²) in [6, 6.07) is 12.1. The van der Waals surface area contributed by atoms with Gasteiger partial charge in [-0.15, -0.1) is 0 Å². The van der Waals surface area contributed by atoms with Crippen molar-refractivity contribution >= 4 is 17.3 Å². The largest absolute Gasteiger partial charge is 0.331 e. The molecule has 2 aromatic carbocycles. The number of hydrogen-bond acceptors (Lipinski definition) is 2. The van der Waals surface area contributed by atoms with E-state index in [2.05, 4.69) is 4.98 Å². The van der Waals surface area contributed by atoms with Crippen LogP contribution >= 0.6 is 0 Å². The van der Waals surface area contributed by atoms with Gasteiger partial charge in [0, 0.05) is 19.0 Å². The van der Waals surface area contributed by atoms with Crippen molar-refractivity contribution in [3.63, 3.8) is 0 Å². The van der Waals surface area contributed by atoms with Crippen LogP contribution in [0.4, 0.5) is 4.39 Å². The lowest BCUT2D eigenvalue weighted by molar-refractivity contribution is 0.112. The molecule has 0 fully saturated rings. The first kappa shape index (κ1) is 12.5. The van der Waals surface area contributed by atoms with Crippen molar-refractivity contribution < 1.29 is 9.18 Å². The monoisotopic (exact) mass is 268 g/mol. The highest BCUT2D eigenvalue weighted by Crippen LogP contribution is 2.18. The van der Waals surface area contributed by atoms with E-state index in [1.807, 2.05) is 35.9 Å². The molecule has 0 radical (unpaired) electrons. The molecule has 0 unspecified atom stereocenters. The number of rotatable bonds is 3. The highest BCUT2D eigenvalue weighted by Gasteiger charge is 2.10. The molecular weight excluding hydrogens is 255 g/mol. The third-order valence-electron chi connectivity index (χ3n) is 3.46. The van der Waals surface area contributed by atoms with E-state index in [1.165, 1.54) is 12.1 Å². The minimum absolute atomic E-state index is 0.372. The van der Waals surface area contributed by atoms with E-state index in [9.17, 15) is 9.18 Å². The molecule has 3 aromatic rings. The Bertz CT molecular complexity index is 792. The zero-order chi connectivity index (χ0) is 14.1. The number of carbonyl (C=O) groups excluding carboxylic acids is 1. The molecule has 0 saturated carbocycles. The Kier molecular flexibility index (Phi) is 3.06. The molecule has 3 nitrogen and oxygen atoms in total. The molecule has 0 aliphatic rings. The zero-order valence-corrected chi connectivity index (χ0v) is 11.0. The minimum atomic E-state index is -0.402. The second-order valence-corrected chi connectivity index (χ2v) is 4.71. The average molecular weight is 268 g/mol. The lowest BCUT2D eigenvalue weighted by atomic mass is 10.1. The van der Waals surface area contributed by atoms with Crippen molar-refractivity contribution in [2.24, 2.45) is 7.05 Å². The van der Waals surface area contributed by atoms with Crippen LogP contribution in [0, 0.1) is 5.82 Å². The van der Waals surface area contributed by atoms with Gasteiger partial charge >= 0.3 is 0 Å². The summed E-state index contributed by atoms with van der Waals surface area (Å²) >= 11 is 0. The molecule has 0 aliphatic carbocycles. The molecule has 0 bridgehead atoms. The van der Waals surface area contributed by atoms with Crippen molar-refractivity contribution in [1.82, 2.24) is 9.55 Å². The van der Waals surface area contributed by atoms with Crippen molar-refractivity contribution in [2.75, 3.05) is 0 Å². The fourth-order valence-electron chi connectivity index (χ4n) is 2.36. The number of aldehydes is 1. The Morgan fingerprint density at radius 3 is 2.80 bits per heavy atom. The highest BCUT2D eigenvalue weighted by molar-refractivity contribution is 5.78. The Labute approximate surface area is 115 Å². The number of imidazole rings is 1. The van der Waals surface area contributed by atoms with Gasteiger partial charge in [-0.1, -0.05) is 18.2 Å². The van der Waals surface area contributed by atoms with Crippen LogP contribution in [0.25, 0.3) is 11.0 Å². The maximum Gasteiger partial charge on any atom is 0.150 e. The van der Waals surface area contributed by atoms with E-state index in [1.54, 1.807) is 6.07 Å². The van der Waals surface area contributed by atoms with Gasteiger partial charge in [-0.2, -0.15) is 0 Å². The van der Waals surface area contributed by atoms with Crippen LogP contribution in [0.2, 0.25) is 0 Å². The molecule has 0 spiro atoms. The first-order valence-electron chi connectivity index (χ1n) is 6.33. The zero-order valence-electron chi connectivity index (χ0n) is 11.0. The molecule has 0 atom stereocenters. The molecule has 20 heavy (non-hydrogen) atoms. The summed E-state index contributed by atoms with van der Waals surface area (Å²) in [7, 11) is 1.94. The van der Waals surface area contributed by atoms with Crippen molar-refractivity contribution in [1.29, 1.82) is 0 Å². The van der Waals surface area contributed by atoms with Crippen molar-refractivity contribution in [3.05, 3.63) is 65.2 Å². The Balaban J connectivity index is 2.05. The summed E-state index contributed by atoms with van der Waals surface area (Å²) in [5.41, 5.74) is 3.11. The topological polar surface area (TPSA) is 34.9 Å². The molecule has 3 rings (SSSR count). The molecule has 0 N–H and O–H groups in total. The van der Waals surface area contributed by atoms with E-state index in [0.29, 0.717) is 18.3 Å². The molecule has 100 valence electrons. The maximum absolute atomic E-state index is 13.1. The Morgan fingerprint density at radius 2 is 2.05 bits per heavy atom. The Hall–Kier alpha value is -2.49. The highest BCUT2D eigenvalue weighted by atomic mass is 19.1. The van der Waals surface area contributed by atoms with Gasteiger partial charge in [0.1, 0.15) is 17.9 Å². The second-order valence-electron chi connectivity index (χ2n) is 4.71. The van der Waals surface area contributed by atoms with Crippen LogP contribution in [-0.2, 0) is 13.5 Å². The number of para-hydroxylation sites is 2. The normalized spacial score (nSPS) is 10.9. The standard InChI is InChI=1S/C16H13FN2O/c1-19-15-5-3-2-4-14(15)18-16(19)9-11-6-7-13(17)8-12(11)10-20/h2-8,10H,9H2,1H3. The van der Waals surface area contributed by atoms with E-state index in [0.717, 1.165) is 22.4 Å². The minimum Gasteiger partial charge on any atom is -0.331 e. The van der Waals surface area contributed by atoms with Gasteiger partial charge in [0.05, 0.1) is 11.0 Å². The van der Waals surface area contributed by atoms with E-state index in [-0.39, 0.29) is 0 Å². The smallest absolute Gasteiger partial charge is 0.150 e. The van der Waals surface area contributed by atoms with Crippen LogP contribution in [0.15, 0.2) is 42.5 Å².